The van der Waals surface area contributed by atoms with E-state index < -0.39 is 18.0 Å². The Kier molecular flexibility index (Phi) is 8.97. The summed E-state index contributed by atoms with van der Waals surface area (Å²) >= 11 is 1.21. The molecule has 3 aromatic rings. The molecule has 0 spiro atoms. The van der Waals surface area contributed by atoms with Gasteiger partial charge in [-0.2, -0.15) is 0 Å². The van der Waals surface area contributed by atoms with E-state index >= 15 is 0 Å². The number of fused-ring (bicyclic) bond motifs is 1. The number of hydrogen-bond donors (Lipinski definition) is 0. The van der Waals surface area contributed by atoms with E-state index in [1.807, 2.05) is 19.9 Å². The fourth-order valence-electron chi connectivity index (χ4n) is 4.41. The predicted octanol–water partition coefficient (Wildman–Crippen LogP) is 3.39. The highest BCUT2D eigenvalue weighted by Crippen LogP contribution is 2.36. The zero-order valence-electron chi connectivity index (χ0n) is 24.0. The van der Waals surface area contributed by atoms with Gasteiger partial charge in [-0.05, 0) is 54.3 Å². The first-order chi connectivity index (χ1) is 19.6. The molecule has 0 fully saturated rings. The summed E-state index contributed by atoms with van der Waals surface area (Å²) in [6, 6.07) is 9.38. The zero-order chi connectivity index (χ0) is 29.8. The summed E-state index contributed by atoms with van der Waals surface area (Å²) in [5, 5.41) is 0. The monoisotopic (exact) mass is 580 g/mol. The predicted molar refractivity (Wildman–Crippen MR) is 153 cm³/mol. The van der Waals surface area contributed by atoms with Crippen LogP contribution < -0.4 is 33.8 Å². The van der Waals surface area contributed by atoms with Gasteiger partial charge in [0, 0.05) is 6.92 Å². The van der Waals surface area contributed by atoms with Crippen molar-refractivity contribution in [2.75, 3.05) is 27.9 Å². The molecule has 0 saturated carbocycles. The standard InChI is InChI=1S/C30H32N2O8S/c1-16(2)15-39-29(35)26-17(3)31-30-32(27(26)20-9-11-22(40-18(4)33)24(14-20)38-7)28(34)25(41-30)13-19-8-10-21(36-5)23(12-19)37-6/h8-14,16,27H,15H2,1-7H3/b25-13+/t27-/m1/s1. The van der Waals surface area contributed by atoms with Crippen molar-refractivity contribution in [1.29, 1.82) is 0 Å². The first-order valence-electron chi connectivity index (χ1n) is 12.9. The minimum absolute atomic E-state index is 0.115. The van der Waals surface area contributed by atoms with Crippen LogP contribution in [0.1, 0.15) is 44.9 Å². The number of carbonyl (C=O) groups excluding carboxylic acids is 2. The third kappa shape index (κ3) is 6.19. The zero-order valence-corrected chi connectivity index (χ0v) is 24.8. The summed E-state index contributed by atoms with van der Waals surface area (Å²) in [4.78, 5) is 44.0. The molecule has 0 saturated heterocycles. The molecular weight excluding hydrogens is 548 g/mol. The fourth-order valence-corrected chi connectivity index (χ4v) is 5.45. The number of methoxy groups -OCH3 is 3. The van der Waals surface area contributed by atoms with Crippen LogP contribution in [0.5, 0.6) is 23.0 Å². The third-order valence-electron chi connectivity index (χ3n) is 6.25. The number of esters is 2. The molecule has 0 unspecified atom stereocenters. The molecule has 1 aliphatic rings. The normalized spacial score (nSPS) is 14.8. The highest BCUT2D eigenvalue weighted by molar-refractivity contribution is 7.07. The lowest BCUT2D eigenvalue weighted by Crippen LogP contribution is -2.40. The van der Waals surface area contributed by atoms with E-state index in [-0.39, 0.29) is 35.2 Å². The third-order valence-corrected chi connectivity index (χ3v) is 7.23. The first kappa shape index (κ1) is 29.6. The van der Waals surface area contributed by atoms with Crippen molar-refractivity contribution in [3.63, 3.8) is 0 Å². The molecule has 1 aromatic heterocycles. The van der Waals surface area contributed by atoms with Gasteiger partial charge in [0.1, 0.15) is 0 Å². The first-order valence-corrected chi connectivity index (χ1v) is 13.7. The van der Waals surface area contributed by atoms with Crippen LogP contribution in [0.4, 0.5) is 0 Å². The summed E-state index contributed by atoms with van der Waals surface area (Å²) in [5.74, 6) is 0.624. The van der Waals surface area contributed by atoms with Gasteiger partial charge < -0.3 is 23.7 Å². The number of aromatic nitrogens is 1. The van der Waals surface area contributed by atoms with E-state index in [0.717, 1.165) is 5.56 Å². The van der Waals surface area contributed by atoms with E-state index in [0.29, 0.717) is 32.1 Å². The molecule has 4 rings (SSSR count). The molecule has 0 amide bonds. The molecule has 0 bridgehead atoms. The Morgan fingerprint density at radius 2 is 1.66 bits per heavy atom. The number of thiazole rings is 1. The van der Waals surface area contributed by atoms with Crippen LogP contribution in [0.2, 0.25) is 0 Å². The Bertz CT molecular complexity index is 1700. The smallest absolute Gasteiger partial charge is 0.338 e. The van der Waals surface area contributed by atoms with Gasteiger partial charge in [0.15, 0.2) is 27.8 Å². The van der Waals surface area contributed by atoms with Crippen LogP contribution in [0.3, 0.4) is 0 Å². The maximum Gasteiger partial charge on any atom is 0.338 e. The molecule has 216 valence electrons. The Morgan fingerprint density at radius 3 is 2.29 bits per heavy atom. The summed E-state index contributed by atoms with van der Waals surface area (Å²) in [6.07, 6.45) is 1.74. The SMILES string of the molecule is COc1ccc(/C=c2/sc3n(c2=O)[C@H](c2ccc(OC(C)=O)c(OC)c2)C(C(=O)OCC(C)C)=C(C)N=3)cc1OC. The van der Waals surface area contributed by atoms with Crippen LogP contribution in [-0.4, -0.2) is 44.4 Å². The lowest BCUT2D eigenvalue weighted by molar-refractivity contribution is -0.140. The second-order valence-electron chi connectivity index (χ2n) is 9.69. The minimum Gasteiger partial charge on any atom is -0.493 e. The molecule has 2 heterocycles. The number of hydrogen-bond acceptors (Lipinski definition) is 10. The lowest BCUT2D eigenvalue weighted by atomic mass is 9.95. The average molecular weight is 581 g/mol. The van der Waals surface area contributed by atoms with Crippen molar-refractivity contribution in [3.8, 4) is 23.0 Å². The van der Waals surface area contributed by atoms with Gasteiger partial charge in [-0.1, -0.05) is 37.3 Å². The van der Waals surface area contributed by atoms with Crippen LogP contribution in [0.25, 0.3) is 6.08 Å². The van der Waals surface area contributed by atoms with Gasteiger partial charge in [0.2, 0.25) is 0 Å². The summed E-state index contributed by atoms with van der Waals surface area (Å²) in [5.41, 5.74) is 1.62. The Morgan fingerprint density at radius 1 is 1.00 bits per heavy atom. The number of rotatable bonds is 9. The van der Waals surface area contributed by atoms with Crippen LogP contribution in [0.15, 0.2) is 57.5 Å². The molecule has 1 aliphatic heterocycles. The average Bonchev–Trinajstić information content (AvgIpc) is 3.24. The van der Waals surface area contributed by atoms with Gasteiger partial charge in [-0.3, -0.25) is 14.2 Å². The van der Waals surface area contributed by atoms with Crippen molar-refractivity contribution in [2.45, 2.75) is 33.7 Å². The van der Waals surface area contributed by atoms with Gasteiger partial charge in [0.25, 0.3) is 5.56 Å². The number of benzene rings is 2. The van der Waals surface area contributed by atoms with Crippen molar-refractivity contribution < 1.29 is 33.3 Å². The van der Waals surface area contributed by atoms with Crippen LogP contribution in [-0.2, 0) is 14.3 Å². The number of ether oxygens (including phenoxy) is 5. The Hall–Kier alpha value is -4.38. The van der Waals surface area contributed by atoms with E-state index in [2.05, 4.69) is 4.99 Å². The van der Waals surface area contributed by atoms with Crippen LogP contribution >= 0.6 is 11.3 Å². The molecule has 1 atom stereocenters. The topological polar surface area (TPSA) is 115 Å². The van der Waals surface area contributed by atoms with E-state index in [9.17, 15) is 14.4 Å². The quantitative estimate of drug-likeness (QED) is 0.280. The number of carbonyl (C=O) groups is 2. The Labute approximate surface area is 241 Å². The molecule has 10 nitrogen and oxygen atoms in total. The molecular formula is C30H32N2O8S. The highest BCUT2D eigenvalue weighted by Gasteiger charge is 2.34. The lowest BCUT2D eigenvalue weighted by Gasteiger charge is -2.25. The summed E-state index contributed by atoms with van der Waals surface area (Å²) in [6.45, 7) is 7.09. The minimum atomic E-state index is -0.862. The van der Waals surface area contributed by atoms with E-state index in [4.69, 9.17) is 23.7 Å². The van der Waals surface area contributed by atoms with Gasteiger partial charge in [-0.15, -0.1) is 0 Å². The molecule has 0 aliphatic carbocycles. The molecule has 0 radical (unpaired) electrons. The van der Waals surface area contributed by atoms with Gasteiger partial charge >= 0.3 is 11.9 Å². The summed E-state index contributed by atoms with van der Waals surface area (Å²) < 4.78 is 29.0. The molecule has 2 aromatic carbocycles. The van der Waals surface area contributed by atoms with Gasteiger partial charge in [-0.25, -0.2) is 9.79 Å². The van der Waals surface area contributed by atoms with E-state index in [1.54, 1.807) is 57.6 Å². The second kappa shape index (κ2) is 12.4. The van der Waals surface area contributed by atoms with Crippen molar-refractivity contribution in [2.24, 2.45) is 10.9 Å². The van der Waals surface area contributed by atoms with Crippen molar-refractivity contribution in [3.05, 3.63) is 78.5 Å². The molecule has 11 heteroatoms. The Balaban J connectivity index is 1.92. The van der Waals surface area contributed by atoms with Crippen LogP contribution in [0, 0.1) is 5.92 Å². The largest absolute Gasteiger partial charge is 0.493 e. The van der Waals surface area contributed by atoms with Crippen molar-refractivity contribution in [1.82, 2.24) is 4.57 Å². The number of nitrogens with zero attached hydrogens (tertiary/aromatic N) is 2. The molecule has 0 N–H and O–H groups in total. The van der Waals surface area contributed by atoms with Crippen molar-refractivity contribution >= 4 is 29.4 Å². The highest BCUT2D eigenvalue weighted by atomic mass is 32.1. The molecule has 41 heavy (non-hydrogen) atoms. The maximum absolute atomic E-state index is 13.9. The maximum atomic E-state index is 13.9. The summed E-state index contributed by atoms with van der Waals surface area (Å²) in [7, 11) is 4.54. The second-order valence-corrected chi connectivity index (χ2v) is 10.7. The fraction of sp³-hybridized carbons (Fsp3) is 0.333. The number of allylic oxidation sites excluding steroid dienone is 1. The van der Waals surface area contributed by atoms with Gasteiger partial charge in [0.05, 0.1) is 49.8 Å². The van der Waals surface area contributed by atoms with E-state index in [1.165, 1.54) is 29.9 Å².